The summed E-state index contributed by atoms with van der Waals surface area (Å²) >= 11 is 6.14. The number of amides is 1. The van der Waals surface area contributed by atoms with Crippen LogP contribution in [0.4, 0.5) is 15.8 Å². The van der Waals surface area contributed by atoms with Crippen LogP contribution in [0, 0.1) is 5.82 Å². The van der Waals surface area contributed by atoms with Crippen LogP contribution in [-0.4, -0.2) is 19.6 Å². The number of ether oxygens (including phenoxy) is 2. The lowest BCUT2D eigenvalue weighted by Crippen LogP contribution is -2.21. The molecule has 0 atom stereocenters. The molecule has 0 aliphatic rings. The van der Waals surface area contributed by atoms with E-state index in [1.165, 1.54) is 19.2 Å². The lowest BCUT2D eigenvalue weighted by atomic mass is 10.2. The number of para-hydroxylation sites is 2. The second-order valence-electron chi connectivity index (χ2n) is 6.14. The maximum absolute atomic E-state index is 13.6. The highest BCUT2D eigenvalue weighted by molar-refractivity contribution is 6.33. The van der Waals surface area contributed by atoms with Gasteiger partial charge in [-0.25, -0.2) is 4.39 Å². The van der Waals surface area contributed by atoms with Crippen molar-refractivity contribution in [3.05, 3.63) is 83.1 Å². The van der Waals surface area contributed by atoms with Crippen LogP contribution in [0.5, 0.6) is 11.5 Å². The number of benzene rings is 3. The molecule has 0 unspecified atom stereocenters. The van der Waals surface area contributed by atoms with E-state index >= 15 is 0 Å². The molecule has 29 heavy (non-hydrogen) atoms. The maximum atomic E-state index is 13.6. The van der Waals surface area contributed by atoms with Crippen molar-refractivity contribution in [2.75, 3.05) is 24.4 Å². The van der Waals surface area contributed by atoms with E-state index in [1.54, 1.807) is 18.2 Å². The minimum absolute atomic E-state index is 0.106. The van der Waals surface area contributed by atoms with Gasteiger partial charge in [0.25, 0.3) is 5.91 Å². The summed E-state index contributed by atoms with van der Waals surface area (Å²) in [6, 6.07) is 18.8. The molecule has 7 heteroatoms. The van der Waals surface area contributed by atoms with Gasteiger partial charge >= 0.3 is 0 Å². The smallest absolute Gasteiger partial charge is 0.262 e. The third kappa shape index (κ3) is 5.62. The molecule has 0 bridgehead atoms. The molecule has 1 amide bonds. The largest absolute Gasteiger partial charge is 0.493 e. The molecule has 0 fully saturated rings. The first-order chi connectivity index (χ1) is 14.1. The molecule has 0 radical (unpaired) electrons. The first-order valence-corrected chi connectivity index (χ1v) is 9.27. The van der Waals surface area contributed by atoms with Gasteiger partial charge in [-0.05, 0) is 42.0 Å². The van der Waals surface area contributed by atoms with Gasteiger partial charge in [-0.2, -0.15) is 0 Å². The zero-order chi connectivity index (χ0) is 20.6. The summed E-state index contributed by atoms with van der Waals surface area (Å²) in [7, 11) is 1.52. The first-order valence-electron chi connectivity index (χ1n) is 8.89. The van der Waals surface area contributed by atoms with Crippen LogP contribution < -0.4 is 20.1 Å². The number of hydrogen-bond donors (Lipinski definition) is 2. The third-order valence-electron chi connectivity index (χ3n) is 4.09. The fourth-order valence-electron chi connectivity index (χ4n) is 2.64. The van der Waals surface area contributed by atoms with Gasteiger partial charge < -0.3 is 20.1 Å². The summed E-state index contributed by atoms with van der Waals surface area (Å²) < 4.78 is 24.5. The molecule has 0 aliphatic carbocycles. The van der Waals surface area contributed by atoms with Crippen molar-refractivity contribution in [2.45, 2.75) is 6.54 Å². The van der Waals surface area contributed by atoms with Crippen LogP contribution in [0.3, 0.4) is 0 Å². The number of methoxy groups -OCH3 is 1. The minimum Gasteiger partial charge on any atom is -0.493 e. The van der Waals surface area contributed by atoms with E-state index in [1.807, 2.05) is 36.4 Å². The molecule has 0 aromatic heterocycles. The number of carbonyl (C=O) groups is 1. The van der Waals surface area contributed by atoms with Gasteiger partial charge in [0.1, 0.15) is 5.82 Å². The number of anilines is 2. The summed E-state index contributed by atoms with van der Waals surface area (Å²) in [5.41, 5.74) is 1.89. The molecule has 3 aromatic rings. The molecule has 150 valence electrons. The molecule has 0 aliphatic heterocycles. The van der Waals surface area contributed by atoms with Gasteiger partial charge in [-0.1, -0.05) is 41.9 Å². The monoisotopic (exact) mass is 414 g/mol. The van der Waals surface area contributed by atoms with Gasteiger partial charge in [0.15, 0.2) is 18.1 Å². The average molecular weight is 415 g/mol. The van der Waals surface area contributed by atoms with Crippen molar-refractivity contribution < 1.29 is 18.7 Å². The molecular formula is C22H20ClFN2O3. The van der Waals surface area contributed by atoms with Crippen LogP contribution in [0.25, 0.3) is 0 Å². The van der Waals surface area contributed by atoms with Gasteiger partial charge in [-0.3, -0.25) is 4.79 Å². The van der Waals surface area contributed by atoms with E-state index in [4.69, 9.17) is 21.1 Å². The van der Waals surface area contributed by atoms with E-state index in [2.05, 4.69) is 10.6 Å². The SMILES string of the molecule is COc1cc(CNc2ccccc2Cl)ccc1OCC(=O)Nc1ccccc1F. The van der Waals surface area contributed by atoms with E-state index in [9.17, 15) is 9.18 Å². The Morgan fingerprint density at radius 3 is 2.45 bits per heavy atom. The van der Waals surface area contributed by atoms with Crippen LogP contribution >= 0.6 is 11.6 Å². The molecular weight excluding hydrogens is 395 g/mol. The average Bonchev–Trinajstić information content (AvgIpc) is 2.73. The summed E-state index contributed by atoms with van der Waals surface area (Å²) in [5.74, 6) is -0.0738. The number of hydrogen-bond acceptors (Lipinski definition) is 4. The Morgan fingerprint density at radius 2 is 1.72 bits per heavy atom. The second-order valence-corrected chi connectivity index (χ2v) is 6.54. The lowest BCUT2D eigenvalue weighted by molar-refractivity contribution is -0.118. The van der Waals surface area contributed by atoms with Crippen molar-refractivity contribution in [3.8, 4) is 11.5 Å². The molecule has 3 rings (SSSR count). The van der Waals surface area contributed by atoms with Crippen molar-refractivity contribution in [2.24, 2.45) is 0 Å². The zero-order valence-electron chi connectivity index (χ0n) is 15.7. The Balaban J connectivity index is 1.59. The highest BCUT2D eigenvalue weighted by Crippen LogP contribution is 2.29. The Kier molecular flexibility index (Phi) is 6.92. The van der Waals surface area contributed by atoms with Gasteiger partial charge in [0.05, 0.1) is 23.5 Å². The second kappa shape index (κ2) is 9.80. The van der Waals surface area contributed by atoms with Crippen molar-refractivity contribution >= 4 is 28.9 Å². The van der Waals surface area contributed by atoms with Crippen molar-refractivity contribution in [1.29, 1.82) is 0 Å². The van der Waals surface area contributed by atoms with Gasteiger partial charge in [-0.15, -0.1) is 0 Å². The highest BCUT2D eigenvalue weighted by Gasteiger charge is 2.11. The van der Waals surface area contributed by atoms with E-state index in [0.29, 0.717) is 23.1 Å². The van der Waals surface area contributed by atoms with Gasteiger partial charge in [0.2, 0.25) is 0 Å². The highest BCUT2D eigenvalue weighted by atomic mass is 35.5. The van der Waals surface area contributed by atoms with E-state index in [0.717, 1.165) is 11.3 Å². The molecule has 0 spiro atoms. The molecule has 0 saturated carbocycles. The third-order valence-corrected chi connectivity index (χ3v) is 4.42. The summed E-state index contributed by atoms with van der Waals surface area (Å²) in [4.78, 5) is 12.0. The summed E-state index contributed by atoms with van der Waals surface area (Å²) in [5, 5.41) is 6.36. The zero-order valence-corrected chi connectivity index (χ0v) is 16.5. The molecule has 3 aromatic carbocycles. The number of nitrogens with one attached hydrogen (secondary N) is 2. The predicted octanol–water partition coefficient (Wildman–Crippen LogP) is 5.12. The Morgan fingerprint density at radius 1 is 1.00 bits per heavy atom. The molecule has 5 nitrogen and oxygen atoms in total. The minimum atomic E-state index is -0.506. The predicted molar refractivity (Wildman–Crippen MR) is 112 cm³/mol. The summed E-state index contributed by atoms with van der Waals surface area (Å²) in [6.45, 7) is 0.260. The maximum Gasteiger partial charge on any atom is 0.262 e. The molecule has 2 N–H and O–H groups in total. The van der Waals surface area contributed by atoms with E-state index in [-0.39, 0.29) is 12.3 Å². The Labute approximate surface area is 173 Å². The van der Waals surface area contributed by atoms with Gasteiger partial charge in [0, 0.05) is 6.54 Å². The van der Waals surface area contributed by atoms with Crippen LogP contribution in [0.2, 0.25) is 5.02 Å². The number of rotatable bonds is 8. The number of halogens is 2. The summed E-state index contributed by atoms with van der Waals surface area (Å²) in [6.07, 6.45) is 0. The fraction of sp³-hybridized carbons (Fsp3) is 0.136. The van der Waals surface area contributed by atoms with Crippen molar-refractivity contribution in [3.63, 3.8) is 0 Å². The lowest BCUT2D eigenvalue weighted by Gasteiger charge is -2.13. The Hall–Kier alpha value is -3.25. The quantitative estimate of drug-likeness (QED) is 0.537. The van der Waals surface area contributed by atoms with Crippen LogP contribution in [0.1, 0.15) is 5.56 Å². The van der Waals surface area contributed by atoms with Crippen LogP contribution in [0.15, 0.2) is 66.7 Å². The normalized spacial score (nSPS) is 10.3. The Bertz CT molecular complexity index is 997. The van der Waals surface area contributed by atoms with E-state index < -0.39 is 11.7 Å². The topological polar surface area (TPSA) is 59.6 Å². The molecule has 0 heterocycles. The fourth-order valence-corrected chi connectivity index (χ4v) is 2.84. The van der Waals surface area contributed by atoms with Crippen LogP contribution in [-0.2, 0) is 11.3 Å². The number of carbonyl (C=O) groups excluding carboxylic acids is 1. The first kappa shape index (κ1) is 20.5. The molecule has 0 saturated heterocycles. The standard InChI is InChI=1S/C22H20ClFN2O3/c1-28-21-12-15(13-25-18-8-4-2-6-16(18)23)10-11-20(21)29-14-22(27)26-19-9-5-3-7-17(19)24/h2-12,25H,13-14H2,1H3,(H,26,27). The van der Waals surface area contributed by atoms with Crippen molar-refractivity contribution in [1.82, 2.24) is 0 Å².